The largest absolute Gasteiger partial charge is 0.450 e. The van der Waals surface area contributed by atoms with Gasteiger partial charge in [-0.15, -0.1) is 22.4 Å². The molecule has 1 heterocycles. The number of alkyl halides is 3. The highest BCUT2D eigenvalue weighted by atomic mass is 32.2. The molecule has 0 saturated carbocycles. The number of amides is 3. The molecule has 0 unspecified atom stereocenters. The van der Waals surface area contributed by atoms with E-state index in [-0.39, 0.29) is 23.1 Å². The summed E-state index contributed by atoms with van der Waals surface area (Å²) in [4.78, 5) is 32.8. The van der Waals surface area contributed by atoms with E-state index in [2.05, 4.69) is 29.7 Å². The first-order chi connectivity index (χ1) is 21.4. The lowest BCUT2D eigenvalue weighted by molar-refractivity contribution is -0.137. The lowest BCUT2D eigenvalue weighted by Gasteiger charge is -2.13. The van der Waals surface area contributed by atoms with Gasteiger partial charge in [-0.3, -0.25) is 4.36 Å². The van der Waals surface area contributed by atoms with Crippen molar-refractivity contribution in [1.29, 1.82) is 0 Å². The predicted octanol–water partition coefficient (Wildman–Crippen LogP) is 8.21. The Morgan fingerprint density at radius 2 is 1.76 bits per heavy atom. The van der Waals surface area contributed by atoms with Crippen LogP contribution in [0.4, 0.5) is 54.6 Å². The van der Waals surface area contributed by atoms with Crippen LogP contribution in [0.3, 0.4) is 0 Å². The molecule has 0 bridgehead atoms. The Bertz CT molecular complexity index is 1830. The minimum absolute atomic E-state index is 0.0890. The van der Waals surface area contributed by atoms with Crippen molar-refractivity contribution >= 4 is 57.5 Å². The second-order valence-electron chi connectivity index (χ2n) is 8.77. The molecule has 4 rings (SSSR count). The number of benzene rings is 3. The second-order valence-corrected chi connectivity index (χ2v) is 10.7. The predicted molar refractivity (Wildman–Crippen MR) is 159 cm³/mol. The van der Waals surface area contributed by atoms with Gasteiger partial charge in [0.2, 0.25) is 5.95 Å². The first kappa shape index (κ1) is 33.1. The Balaban J connectivity index is 1.49. The van der Waals surface area contributed by atoms with Crippen LogP contribution in [0, 0.1) is 11.6 Å². The number of carbonyl (C=O) groups is 2. The molecule has 1 aromatic heterocycles. The summed E-state index contributed by atoms with van der Waals surface area (Å²) in [6.07, 6.45) is -2.54. The number of halogens is 5. The first-order valence-electron chi connectivity index (χ1n) is 12.7. The number of anilines is 4. The smallest absolute Gasteiger partial charge is 0.416 e. The Labute approximate surface area is 259 Å². The Morgan fingerprint density at radius 1 is 1.00 bits per heavy atom. The number of nitrogens with one attached hydrogen (secondary N) is 3. The monoisotopic (exact) mass is 665 g/mol. The highest BCUT2D eigenvalue weighted by molar-refractivity contribution is 7.98. The zero-order valence-corrected chi connectivity index (χ0v) is 24.9. The number of nitrogens with zero attached hydrogens (tertiary/aromatic N) is 3. The molecule has 0 fully saturated rings. The van der Waals surface area contributed by atoms with Crippen LogP contribution in [-0.4, -0.2) is 35.0 Å². The molecule has 3 N–H and O–H groups in total. The highest BCUT2D eigenvalue weighted by Gasteiger charge is 2.31. The van der Waals surface area contributed by atoms with E-state index >= 15 is 0 Å². The number of urea groups is 1. The van der Waals surface area contributed by atoms with Gasteiger partial charge in [0.1, 0.15) is 16.7 Å². The zero-order chi connectivity index (χ0) is 32.7. The summed E-state index contributed by atoms with van der Waals surface area (Å²) < 4.78 is 88.3. The minimum Gasteiger partial charge on any atom is -0.450 e. The number of hydrogen-bond acceptors (Lipinski definition) is 9. The molecule has 3 aromatic carbocycles. The third-order valence-electron chi connectivity index (χ3n) is 5.73. The van der Waals surface area contributed by atoms with E-state index in [1.165, 1.54) is 42.2 Å². The summed E-state index contributed by atoms with van der Waals surface area (Å²) >= 11 is 1.24. The summed E-state index contributed by atoms with van der Waals surface area (Å²) in [6, 6.07) is 10.4. The summed E-state index contributed by atoms with van der Waals surface area (Å²) in [6.45, 7) is 1.69. The number of aromatic nitrogens is 2. The molecule has 0 radical (unpaired) electrons. The number of ether oxygens (including phenoxy) is 1. The van der Waals surface area contributed by atoms with Crippen molar-refractivity contribution in [2.24, 2.45) is 4.36 Å². The van der Waals surface area contributed by atoms with Crippen LogP contribution in [-0.2, 0) is 25.7 Å². The molecule has 17 heteroatoms. The van der Waals surface area contributed by atoms with Gasteiger partial charge < -0.3 is 24.9 Å². The van der Waals surface area contributed by atoms with Crippen molar-refractivity contribution in [3.8, 4) is 11.1 Å². The van der Waals surface area contributed by atoms with Crippen LogP contribution in [0.25, 0.3) is 11.1 Å². The van der Waals surface area contributed by atoms with Gasteiger partial charge in [-0.25, -0.2) is 28.3 Å². The fourth-order valence-electron chi connectivity index (χ4n) is 3.72. The van der Waals surface area contributed by atoms with Gasteiger partial charge in [0.15, 0.2) is 0 Å². The number of hydrogen-bond donors (Lipinski definition) is 3. The fourth-order valence-corrected chi connectivity index (χ4v) is 5.00. The molecule has 45 heavy (non-hydrogen) atoms. The van der Waals surface area contributed by atoms with Crippen molar-refractivity contribution < 1.29 is 40.5 Å². The van der Waals surface area contributed by atoms with Crippen molar-refractivity contribution in [3.05, 3.63) is 84.1 Å². The molecule has 0 aliphatic carbocycles. The van der Waals surface area contributed by atoms with E-state index in [1.54, 1.807) is 25.3 Å². The van der Waals surface area contributed by atoms with Crippen molar-refractivity contribution in [2.45, 2.75) is 23.0 Å². The van der Waals surface area contributed by atoms with Crippen LogP contribution >= 0.6 is 11.8 Å². The average molecular weight is 666 g/mol. The van der Waals surface area contributed by atoms with E-state index in [4.69, 9.17) is 0 Å². The Kier molecular flexibility index (Phi) is 10.6. The maximum Gasteiger partial charge on any atom is 0.416 e. The highest BCUT2D eigenvalue weighted by Crippen LogP contribution is 2.33. The van der Waals surface area contributed by atoms with E-state index in [0.29, 0.717) is 40.0 Å². The van der Waals surface area contributed by atoms with Crippen LogP contribution in [0.5, 0.6) is 0 Å². The number of thioether (sulfide) groups is 1. The fraction of sp³-hybridized carbons (Fsp3) is 0.143. The van der Waals surface area contributed by atoms with E-state index in [0.717, 1.165) is 6.07 Å². The average Bonchev–Trinajstić information content (AvgIpc) is 2.99. The third-order valence-corrected chi connectivity index (χ3v) is 7.40. The summed E-state index contributed by atoms with van der Waals surface area (Å²) in [5, 5.41) is 7.50. The molecular weight excluding hydrogens is 643 g/mol. The van der Waals surface area contributed by atoms with E-state index in [1.807, 2.05) is 5.32 Å². The van der Waals surface area contributed by atoms with Gasteiger partial charge in [-0.2, -0.15) is 13.2 Å². The molecule has 0 atom stereocenters. The maximum absolute atomic E-state index is 15.0. The molecule has 4 aromatic rings. The second kappa shape index (κ2) is 14.3. The normalized spacial score (nSPS) is 12.0. The summed E-state index contributed by atoms with van der Waals surface area (Å²) in [5.41, 5.74) is -0.991. The topological polar surface area (TPSA) is 135 Å². The molecule has 0 aliphatic heterocycles. The van der Waals surface area contributed by atoms with Crippen LogP contribution in [0.1, 0.15) is 12.5 Å². The molecule has 0 saturated heterocycles. The lowest BCUT2D eigenvalue weighted by atomic mass is 10.1. The van der Waals surface area contributed by atoms with Crippen molar-refractivity contribution in [3.63, 3.8) is 0 Å². The van der Waals surface area contributed by atoms with Crippen molar-refractivity contribution in [1.82, 2.24) is 9.97 Å². The Morgan fingerprint density at radius 3 is 2.44 bits per heavy atom. The first-order valence-corrected chi connectivity index (χ1v) is 15.0. The van der Waals surface area contributed by atoms with Crippen LogP contribution in [0.15, 0.2) is 81.1 Å². The SMILES string of the molecule is CCOC(=O)N=[S-](=O)c1cccc(Nc2ncc(-c3ccc(NC(=O)Nc4cc(C(F)(F)F)ccc4F)c(F)c3)c(SC)n2)c1. The molecule has 10 nitrogen and oxygen atoms in total. The van der Waals surface area contributed by atoms with Gasteiger partial charge in [-0.05, 0) is 55.1 Å². The molecule has 0 spiro atoms. The van der Waals surface area contributed by atoms with E-state index < -0.39 is 51.8 Å². The third kappa shape index (κ3) is 8.66. The summed E-state index contributed by atoms with van der Waals surface area (Å²) in [7, 11) is -2.00. The zero-order valence-electron chi connectivity index (χ0n) is 23.2. The van der Waals surface area contributed by atoms with Crippen LogP contribution in [0.2, 0.25) is 0 Å². The minimum atomic E-state index is -4.76. The molecular formula is C28H22F5N6O4S2-. The molecule has 236 valence electrons. The lowest BCUT2D eigenvalue weighted by Crippen LogP contribution is -2.21. The molecule has 0 aliphatic rings. The quantitative estimate of drug-likeness (QED) is 0.0742. The standard InChI is InChI=1S/C28H22F5N6O4S2/c1-3-43-27(41)39-45(42)18-6-4-5-17(13-18)35-25-34-14-19(24(38-25)44-2)15-7-10-22(21(30)11-15)36-26(40)37-23-12-16(28(31,32)33)8-9-20(23)29/h4-14H,3H2,1-2H3,(H,34,35,38)(H2,36,37,40)/q-1. The Hall–Kier alpha value is -4.77. The number of rotatable bonds is 8. The molecule has 3 amide bonds. The van der Waals surface area contributed by atoms with E-state index in [9.17, 15) is 35.8 Å². The van der Waals surface area contributed by atoms with Crippen LogP contribution < -0.4 is 16.0 Å². The van der Waals surface area contributed by atoms with Crippen molar-refractivity contribution in [2.75, 3.05) is 28.8 Å². The summed E-state index contributed by atoms with van der Waals surface area (Å²) in [5.74, 6) is -1.84. The van der Waals surface area contributed by atoms with Gasteiger partial charge in [0.05, 0.1) is 23.5 Å². The van der Waals surface area contributed by atoms with Gasteiger partial charge in [-0.1, -0.05) is 29.2 Å². The van der Waals surface area contributed by atoms with Gasteiger partial charge >= 0.3 is 18.3 Å². The van der Waals surface area contributed by atoms with Gasteiger partial charge in [0, 0.05) is 17.4 Å². The number of carbonyl (C=O) groups excluding carboxylic acids is 2. The maximum atomic E-state index is 15.0. The van der Waals surface area contributed by atoms with Gasteiger partial charge in [0.25, 0.3) is 0 Å².